The lowest BCUT2D eigenvalue weighted by molar-refractivity contribution is 0.747. The monoisotopic (exact) mass is 260 g/mol. The molecule has 1 aromatic heterocycles. The average Bonchev–Trinajstić information content (AvgIpc) is 2.73. The SMILES string of the molecule is Cc1cccc(C(N)=S)c1NCc1ccn(C)n1. The summed E-state index contributed by atoms with van der Waals surface area (Å²) in [5, 5.41) is 7.67. The molecule has 0 saturated heterocycles. The molecular formula is C13H16N4S. The summed E-state index contributed by atoms with van der Waals surface area (Å²) in [5.41, 5.74) is 9.69. The molecule has 0 aliphatic rings. The summed E-state index contributed by atoms with van der Waals surface area (Å²) < 4.78 is 1.78. The minimum absolute atomic E-state index is 0.405. The number of aryl methyl sites for hydroxylation is 2. The van der Waals surface area contributed by atoms with E-state index in [0.29, 0.717) is 11.5 Å². The number of thiocarbonyl (C=S) groups is 1. The topological polar surface area (TPSA) is 55.9 Å². The quantitative estimate of drug-likeness (QED) is 0.825. The van der Waals surface area contributed by atoms with Gasteiger partial charge in [0.1, 0.15) is 4.99 Å². The fraction of sp³-hybridized carbons (Fsp3) is 0.231. The molecule has 4 nitrogen and oxygen atoms in total. The van der Waals surface area contributed by atoms with Gasteiger partial charge in [0.15, 0.2) is 0 Å². The average molecular weight is 260 g/mol. The molecular weight excluding hydrogens is 244 g/mol. The molecule has 0 saturated carbocycles. The first kappa shape index (κ1) is 12.6. The van der Waals surface area contributed by atoms with Gasteiger partial charge in [-0.05, 0) is 24.6 Å². The first-order valence-corrected chi connectivity index (χ1v) is 6.10. The number of hydrogen-bond donors (Lipinski definition) is 2. The molecule has 3 N–H and O–H groups in total. The highest BCUT2D eigenvalue weighted by atomic mass is 32.1. The van der Waals surface area contributed by atoms with Crippen LogP contribution >= 0.6 is 12.2 Å². The van der Waals surface area contributed by atoms with Gasteiger partial charge in [0.05, 0.1) is 12.2 Å². The fourth-order valence-corrected chi connectivity index (χ4v) is 2.01. The number of nitrogens with one attached hydrogen (secondary N) is 1. The molecule has 1 aromatic carbocycles. The van der Waals surface area contributed by atoms with Crippen LogP contribution in [0.5, 0.6) is 0 Å². The van der Waals surface area contributed by atoms with E-state index in [0.717, 1.165) is 22.5 Å². The smallest absolute Gasteiger partial charge is 0.106 e. The summed E-state index contributed by atoms with van der Waals surface area (Å²) in [6.45, 7) is 2.68. The van der Waals surface area contributed by atoms with Crippen molar-refractivity contribution in [2.45, 2.75) is 13.5 Å². The predicted molar refractivity (Wildman–Crippen MR) is 77.6 cm³/mol. The predicted octanol–water partition coefficient (Wildman–Crippen LogP) is 1.97. The number of rotatable bonds is 4. The number of nitrogens with zero attached hydrogens (tertiary/aromatic N) is 2. The summed E-state index contributed by atoms with van der Waals surface area (Å²) in [4.78, 5) is 0.405. The van der Waals surface area contributed by atoms with Gasteiger partial charge in [-0.25, -0.2) is 0 Å². The molecule has 18 heavy (non-hydrogen) atoms. The molecule has 0 amide bonds. The number of anilines is 1. The summed E-state index contributed by atoms with van der Waals surface area (Å²) >= 11 is 5.06. The van der Waals surface area contributed by atoms with Crippen LogP contribution in [-0.4, -0.2) is 14.8 Å². The maximum atomic E-state index is 5.73. The van der Waals surface area contributed by atoms with Crippen LogP contribution in [-0.2, 0) is 13.6 Å². The van der Waals surface area contributed by atoms with Crippen molar-refractivity contribution in [3.05, 3.63) is 47.3 Å². The number of benzene rings is 1. The molecule has 0 aliphatic heterocycles. The molecule has 0 radical (unpaired) electrons. The molecule has 2 aromatic rings. The van der Waals surface area contributed by atoms with Crippen molar-refractivity contribution in [1.82, 2.24) is 9.78 Å². The first-order valence-electron chi connectivity index (χ1n) is 5.69. The minimum Gasteiger partial charge on any atom is -0.389 e. The second-order valence-electron chi connectivity index (χ2n) is 4.20. The summed E-state index contributed by atoms with van der Waals surface area (Å²) in [6.07, 6.45) is 1.92. The molecule has 2 rings (SSSR count). The third-order valence-electron chi connectivity index (χ3n) is 2.75. The van der Waals surface area contributed by atoms with Crippen molar-refractivity contribution in [2.75, 3.05) is 5.32 Å². The van der Waals surface area contributed by atoms with Crippen LogP contribution in [0.4, 0.5) is 5.69 Å². The van der Waals surface area contributed by atoms with E-state index in [9.17, 15) is 0 Å². The third kappa shape index (κ3) is 2.68. The van der Waals surface area contributed by atoms with Crippen LogP contribution in [0.2, 0.25) is 0 Å². The highest BCUT2D eigenvalue weighted by Gasteiger charge is 2.08. The third-order valence-corrected chi connectivity index (χ3v) is 2.97. The molecule has 0 atom stereocenters. The Morgan fingerprint density at radius 2 is 2.22 bits per heavy atom. The molecule has 0 bridgehead atoms. The van der Waals surface area contributed by atoms with Crippen molar-refractivity contribution in [2.24, 2.45) is 12.8 Å². The highest BCUT2D eigenvalue weighted by Crippen LogP contribution is 2.21. The fourth-order valence-electron chi connectivity index (χ4n) is 1.84. The highest BCUT2D eigenvalue weighted by molar-refractivity contribution is 7.80. The molecule has 0 unspecified atom stereocenters. The van der Waals surface area contributed by atoms with E-state index in [4.69, 9.17) is 18.0 Å². The summed E-state index contributed by atoms with van der Waals surface area (Å²) in [6, 6.07) is 7.89. The zero-order valence-electron chi connectivity index (χ0n) is 10.5. The summed E-state index contributed by atoms with van der Waals surface area (Å²) in [5.74, 6) is 0. The lowest BCUT2D eigenvalue weighted by atomic mass is 10.1. The lowest BCUT2D eigenvalue weighted by Crippen LogP contribution is -2.14. The van der Waals surface area contributed by atoms with Gasteiger partial charge < -0.3 is 11.1 Å². The molecule has 5 heteroatoms. The molecule has 1 heterocycles. The number of nitrogens with two attached hydrogens (primary N) is 1. The minimum atomic E-state index is 0.405. The van der Waals surface area contributed by atoms with Crippen molar-refractivity contribution < 1.29 is 0 Å². The van der Waals surface area contributed by atoms with Crippen molar-refractivity contribution in [3.63, 3.8) is 0 Å². The first-order chi connectivity index (χ1) is 8.58. The summed E-state index contributed by atoms with van der Waals surface area (Å²) in [7, 11) is 1.90. The van der Waals surface area contributed by atoms with Crippen LogP contribution in [0.25, 0.3) is 0 Å². The Morgan fingerprint density at radius 1 is 1.44 bits per heavy atom. The van der Waals surface area contributed by atoms with E-state index in [-0.39, 0.29) is 0 Å². The Kier molecular flexibility index (Phi) is 3.62. The van der Waals surface area contributed by atoms with Gasteiger partial charge in [0, 0.05) is 24.5 Å². The maximum Gasteiger partial charge on any atom is 0.106 e. The van der Waals surface area contributed by atoms with E-state index in [1.807, 2.05) is 44.4 Å². The van der Waals surface area contributed by atoms with Crippen molar-refractivity contribution in [3.8, 4) is 0 Å². The molecule has 0 spiro atoms. The van der Waals surface area contributed by atoms with Gasteiger partial charge in [-0.1, -0.05) is 24.4 Å². The standard InChI is InChI=1S/C13H16N4S/c1-9-4-3-5-11(13(14)18)12(9)15-8-10-6-7-17(2)16-10/h3-7,15H,8H2,1-2H3,(H2,14,18). The molecule has 0 aliphatic carbocycles. The van der Waals surface area contributed by atoms with E-state index in [2.05, 4.69) is 10.4 Å². The lowest BCUT2D eigenvalue weighted by Gasteiger charge is -2.13. The zero-order chi connectivity index (χ0) is 13.1. The largest absolute Gasteiger partial charge is 0.389 e. The van der Waals surface area contributed by atoms with E-state index < -0.39 is 0 Å². The van der Waals surface area contributed by atoms with Crippen LogP contribution in [0, 0.1) is 6.92 Å². The Balaban J connectivity index is 2.20. The van der Waals surface area contributed by atoms with Crippen LogP contribution in [0.3, 0.4) is 0 Å². The van der Waals surface area contributed by atoms with E-state index >= 15 is 0 Å². The van der Waals surface area contributed by atoms with Crippen molar-refractivity contribution in [1.29, 1.82) is 0 Å². The van der Waals surface area contributed by atoms with Gasteiger partial charge in [-0.3, -0.25) is 4.68 Å². The zero-order valence-corrected chi connectivity index (χ0v) is 11.3. The van der Waals surface area contributed by atoms with Crippen LogP contribution in [0.1, 0.15) is 16.8 Å². The van der Waals surface area contributed by atoms with Gasteiger partial charge in [0.2, 0.25) is 0 Å². The van der Waals surface area contributed by atoms with Crippen LogP contribution in [0.15, 0.2) is 30.5 Å². The second kappa shape index (κ2) is 5.18. The van der Waals surface area contributed by atoms with Crippen molar-refractivity contribution >= 4 is 22.9 Å². The number of aromatic nitrogens is 2. The van der Waals surface area contributed by atoms with Crippen LogP contribution < -0.4 is 11.1 Å². The van der Waals surface area contributed by atoms with Gasteiger partial charge in [-0.2, -0.15) is 5.10 Å². The van der Waals surface area contributed by atoms with E-state index in [1.165, 1.54) is 0 Å². The van der Waals surface area contributed by atoms with E-state index in [1.54, 1.807) is 4.68 Å². The number of para-hydroxylation sites is 1. The molecule has 0 fully saturated rings. The normalized spacial score (nSPS) is 10.3. The Bertz CT molecular complexity index is 574. The Hall–Kier alpha value is -1.88. The van der Waals surface area contributed by atoms with Gasteiger partial charge in [0.25, 0.3) is 0 Å². The van der Waals surface area contributed by atoms with Gasteiger partial charge in [-0.15, -0.1) is 0 Å². The number of hydrogen-bond acceptors (Lipinski definition) is 3. The maximum absolute atomic E-state index is 5.73. The Morgan fingerprint density at radius 3 is 2.83 bits per heavy atom. The second-order valence-corrected chi connectivity index (χ2v) is 4.64. The Labute approximate surface area is 112 Å². The van der Waals surface area contributed by atoms with Gasteiger partial charge >= 0.3 is 0 Å². The molecule has 94 valence electrons.